The third-order valence-corrected chi connectivity index (χ3v) is 4.59. The van der Waals surface area contributed by atoms with Gasteiger partial charge in [-0.1, -0.05) is 20.8 Å². The number of hydrogen-bond acceptors (Lipinski definition) is 2. The molecule has 1 atom stereocenters. The van der Waals surface area contributed by atoms with Crippen LogP contribution in [0, 0.1) is 11.2 Å². The molecule has 25 heavy (non-hydrogen) atoms. The Morgan fingerprint density at radius 3 is 2.76 bits per heavy atom. The molecule has 0 saturated carbocycles. The lowest BCUT2D eigenvalue weighted by atomic mass is 9.74. The van der Waals surface area contributed by atoms with Crippen LogP contribution in [0.5, 0.6) is 0 Å². The number of halogens is 1. The van der Waals surface area contributed by atoms with Crippen molar-refractivity contribution in [3.8, 4) is 5.69 Å². The number of hydrogen-bond donors (Lipinski definition) is 2. The van der Waals surface area contributed by atoms with E-state index in [4.69, 9.17) is 0 Å². The Bertz CT molecular complexity index is 751. The first-order valence-corrected chi connectivity index (χ1v) is 8.77. The summed E-state index contributed by atoms with van der Waals surface area (Å²) in [6.45, 7) is 7.06. The van der Waals surface area contributed by atoms with Crippen LogP contribution in [0.1, 0.15) is 50.9 Å². The Balaban J connectivity index is 1.90. The molecule has 3 rings (SSSR count). The second-order valence-corrected chi connectivity index (χ2v) is 7.43. The van der Waals surface area contributed by atoms with E-state index in [9.17, 15) is 9.18 Å². The van der Waals surface area contributed by atoms with Gasteiger partial charge in [0.2, 0.25) is 0 Å². The van der Waals surface area contributed by atoms with Crippen molar-refractivity contribution in [2.45, 2.75) is 46.1 Å². The topological polar surface area (TPSA) is 59.0 Å². The van der Waals surface area contributed by atoms with Gasteiger partial charge in [0.05, 0.1) is 23.6 Å². The van der Waals surface area contributed by atoms with Crippen molar-refractivity contribution in [1.82, 2.24) is 20.4 Å². The van der Waals surface area contributed by atoms with Crippen LogP contribution in [0.15, 0.2) is 30.5 Å². The van der Waals surface area contributed by atoms with Crippen LogP contribution in [0.25, 0.3) is 5.69 Å². The van der Waals surface area contributed by atoms with Gasteiger partial charge < -0.3 is 10.6 Å². The average Bonchev–Trinajstić information content (AvgIpc) is 2.96. The lowest BCUT2D eigenvalue weighted by molar-refractivity contribution is 0.221. The molecule has 1 heterocycles. The summed E-state index contributed by atoms with van der Waals surface area (Å²) in [7, 11) is 0. The Morgan fingerprint density at radius 1 is 1.36 bits per heavy atom. The summed E-state index contributed by atoms with van der Waals surface area (Å²) in [5.41, 5.74) is 2.97. The lowest BCUT2D eigenvalue weighted by Gasteiger charge is -2.36. The molecule has 1 aromatic carbocycles. The van der Waals surface area contributed by atoms with Gasteiger partial charge in [0.25, 0.3) is 0 Å². The molecule has 0 bridgehead atoms. The molecule has 1 aromatic heterocycles. The third kappa shape index (κ3) is 3.83. The van der Waals surface area contributed by atoms with Gasteiger partial charge in [-0.3, -0.25) is 0 Å². The van der Waals surface area contributed by atoms with E-state index in [0.29, 0.717) is 6.54 Å². The zero-order valence-electron chi connectivity index (χ0n) is 15.0. The molecule has 5 nitrogen and oxygen atoms in total. The van der Waals surface area contributed by atoms with Crippen molar-refractivity contribution in [2.75, 3.05) is 6.54 Å². The smallest absolute Gasteiger partial charge is 0.315 e. The number of benzene rings is 1. The molecule has 6 heteroatoms. The summed E-state index contributed by atoms with van der Waals surface area (Å²) < 4.78 is 15.1. The third-order valence-electron chi connectivity index (χ3n) is 4.59. The quantitative estimate of drug-likeness (QED) is 0.888. The first kappa shape index (κ1) is 17.5. The number of carbonyl (C=O) groups is 1. The Hall–Kier alpha value is -2.37. The minimum Gasteiger partial charge on any atom is -0.338 e. The Morgan fingerprint density at radius 2 is 2.08 bits per heavy atom. The van der Waals surface area contributed by atoms with Crippen LogP contribution in [-0.4, -0.2) is 22.4 Å². The van der Waals surface area contributed by atoms with Gasteiger partial charge >= 0.3 is 6.03 Å². The highest BCUT2D eigenvalue weighted by Crippen LogP contribution is 2.41. The Labute approximate surface area is 147 Å². The largest absolute Gasteiger partial charge is 0.338 e. The SMILES string of the molecule is CCCNC(=O)NC1CC(C)(C)Cc2c1cnn2-c1ccc(F)cc1. The lowest BCUT2D eigenvalue weighted by Crippen LogP contribution is -2.42. The molecule has 134 valence electrons. The van der Waals surface area contributed by atoms with E-state index in [-0.39, 0.29) is 23.3 Å². The van der Waals surface area contributed by atoms with E-state index in [1.165, 1.54) is 12.1 Å². The fourth-order valence-corrected chi connectivity index (χ4v) is 3.42. The van der Waals surface area contributed by atoms with E-state index in [0.717, 1.165) is 36.2 Å². The summed E-state index contributed by atoms with van der Waals surface area (Å²) in [5, 5.41) is 10.4. The number of carbonyl (C=O) groups excluding carboxylic acids is 1. The first-order valence-electron chi connectivity index (χ1n) is 8.77. The predicted octanol–water partition coefficient (Wildman–Crippen LogP) is 3.73. The highest BCUT2D eigenvalue weighted by Gasteiger charge is 2.36. The monoisotopic (exact) mass is 344 g/mol. The van der Waals surface area contributed by atoms with Crippen molar-refractivity contribution < 1.29 is 9.18 Å². The van der Waals surface area contributed by atoms with E-state index in [1.54, 1.807) is 12.1 Å². The molecule has 2 amide bonds. The number of fused-ring (bicyclic) bond motifs is 1. The fourth-order valence-electron chi connectivity index (χ4n) is 3.42. The summed E-state index contributed by atoms with van der Waals surface area (Å²) in [4.78, 5) is 12.1. The molecule has 1 aliphatic rings. The predicted molar refractivity (Wildman–Crippen MR) is 95.2 cm³/mol. The zero-order valence-corrected chi connectivity index (χ0v) is 15.0. The number of nitrogens with one attached hydrogen (secondary N) is 2. The van der Waals surface area contributed by atoms with Crippen molar-refractivity contribution in [3.63, 3.8) is 0 Å². The van der Waals surface area contributed by atoms with E-state index < -0.39 is 0 Å². The van der Waals surface area contributed by atoms with Crippen LogP contribution in [-0.2, 0) is 6.42 Å². The number of aromatic nitrogens is 2. The number of amides is 2. The molecule has 2 aromatic rings. The molecule has 0 fully saturated rings. The Kier molecular flexibility index (Phi) is 4.79. The van der Waals surface area contributed by atoms with Gasteiger partial charge in [-0.15, -0.1) is 0 Å². The fraction of sp³-hybridized carbons (Fsp3) is 0.474. The number of nitrogens with zero attached hydrogens (tertiary/aromatic N) is 2. The van der Waals surface area contributed by atoms with Crippen molar-refractivity contribution in [1.29, 1.82) is 0 Å². The molecule has 1 unspecified atom stereocenters. The van der Waals surface area contributed by atoms with Crippen LogP contribution in [0.3, 0.4) is 0 Å². The molecule has 2 N–H and O–H groups in total. The standard InChI is InChI=1S/C19H25FN4O/c1-4-9-21-18(25)23-16-10-19(2,3)11-17-15(16)12-22-24(17)14-7-5-13(20)6-8-14/h5-8,12,16H,4,9-11H2,1-3H3,(H2,21,23,25). The van der Waals surface area contributed by atoms with Crippen LogP contribution in [0.4, 0.5) is 9.18 Å². The second kappa shape index (κ2) is 6.86. The van der Waals surface area contributed by atoms with Crippen molar-refractivity contribution in [3.05, 3.63) is 47.5 Å². The summed E-state index contributed by atoms with van der Waals surface area (Å²) >= 11 is 0. The maximum atomic E-state index is 13.2. The van der Waals surface area contributed by atoms with E-state index in [2.05, 4.69) is 29.6 Å². The molecule has 0 spiro atoms. The minimum atomic E-state index is -0.266. The highest BCUT2D eigenvalue weighted by atomic mass is 19.1. The van der Waals surface area contributed by atoms with Gasteiger partial charge in [0.15, 0.2) is 0 Å². The molecule has 1 aliphatic carbocycles. The van der Waals surface area contributed by atoms with Gasteiger partial charge in [0.1, 0.15) is 5.82 Å². The van der Waals surface area contributed by atoms with Gasteiger partial charge in [-0.05, 0) is 48.9 Å². The average molecular weight is 344 g/mol. The number of rotatable bonds is 4. The maximum Gasteiger partial charge on any atom is 0.315 e. The van der Waals surface area contributed by atoms with Crippen molar-refractivity contribution >= 4 is 6.03 Å². The molecular formula is C19H25FN4O. The molecular weight excluding hydrogens is 319 g/mol. The van der Waals surface area contributed by atoms with Crippen molar-refractivity contribution in [2.24, 2.45) is 5.41 Å². The molecule has 0 saturated heterocycles. The normalized spacial score (nSPS) is 18.5. The van der Waals surface area contributed by atoms with Crippen LogP contribution in [0.2, 0.25) is 0 Å². The second-order valence-electron chi connectivity index (χ2n) is 7.43. The highest BCUT2D eigenvalue weighted by molar-refractivity contribution is 5.74. The maximum absolute atomic E-state index is 13.2. The summed E-state index contributed by atoms with van der Waals surface area (Å²) in [6.07, 6.45) is 4.43. The van der Waals surface area contributed by atoms with Gasteiger partial charge in [0, 0.05) is 12.1 Å². The summed E-state index contributed by atoms with van der Waals surface area (Å²) in [6, 6.07) is 6.09. The first-order chi connectivity index (χ1) is 11.9. The van der Waals surface area contributed by atoms with Gasteiger partial charge in [-0.2, -0.15) is 5.10 Å². The van der Waals surface area contributed by atoms with E-state index in [1.807, 2.05) is 17.8 Å². The van der Waals surface area contributed by atoms with Crippen LogP contribution < -0.4 is 10.6 Å². The van der Waals surface area contributed by atoms with Crippen LogP contribution >= 0.6 is 0 Å². The minimum absolute atomic E-state index is 0.0352. The van der Waals surface area contributed by atoms with Gasteiger partial charge in [-0.25, -0.2) is 13.9 Å². The molecule has 0 radical (unpaired) electrons. The molecule has 0 aliphatic heterocycles. The van der Waals surface area contributed by atoms with E-state index >= 15 is 0 Å². The number of urea groups is 1. The zero-order chi connectivity index (χ0) is 18.0. The summed E-state index contributed by atoms with van der Waals surface area (Å²) in [5.74, 6) is -0.266.